The normalized spacial score (nSPS) is 23.1. The van der Waals surface area contributed by atoms with Crippen LogP contribution in [-0.2, 0) is 10.0 Å². The lowest BCUT2D eigenvalue weighted by Gasteiger charge is -2.26. The first-order valence-electron chi connectivity index (χ1n) is 7.13. The van der Waals surface area contributed by atoms with Crippen LogP contribution in [0, 0.1) is 18.8 Å². The van der Waals surface area contributed by atoms with E-state index in [1.54, 1.807) is 6.92 Å². The third-order valence-electron chi connectivity index (χ3n) is 4.05. The number of hydrogen-bond donors (Lipinski definition) is 2. The number of hydrogen-bond acceptors (Lipinski definition) is 4. The van der Waals surface area contributed by atoms with E-state index in [1.807, 2.05) is 0 Å². The Balaban J connectivity index is 2.02. The Hall–Kier alpha value is -0.920. The van der Waals surface area contributed by atoms with E-state index < -0.39 is 16.0 Å². The molecule has 7 heteroatoms. The maximum Gasteiger partial charge on any atom is 0.346 e. The molecule has 1 aromatic heterocycles. The predicted molar refractivity (Wildman–Crippen MR) is 82.3 cm³/mol. The number of rotatable bonds is 5. The fraction of sp³-hybridized carbons (Fsp3) is 0.643. The molecular formula is C14H21NO4S2. The van der Waals surface area contributed by atoms with Crippen molar-refractivity contribution in [2.45, 2.75) is 43.7 Å². The second-order valence-corrected chi connectivity index (χ2v) is 8.91. The molecule has 0 saturated heterocycles. The summed E-state index contributed by atoms with van der Waals surface area (Å²) in [7, 11) is -3.60. The van der Waals surface area contributed by atoms with Gasteiger partial charge in [-0.25, -0.2) is 17.9 Å². The van der Waals surface area contributed by atoms with Crippen LogP contribution >= 0.6 is 11.3 Å². The van der Waals surface area contributed by atoms with Gasteiger partial charge in [-0.2, -0.15) is 0 Å². The Bertz CT molecular complexity index is 613. The van der Waals surface area contributed by atoms with Crippen LogP contribution in [0.25, 0.3) is 0 Å². The van der Waals surface area contributed by atoms with E-state index in [0.29, 0.717) is 18.0 Å². The number of carboxylic acids is 1. The van der Waals surface area contributed by atoms with Gasteiger partial charge >= 0.3 is 5.97 Å². The molecule has 5 nitrogen and oxygen atoms in total. The second-order valence-electron chi connectivity index (χ2n) is 5.86. The number of sulfonamides is 1. The number of thiophene rings is 1. The van der Waals surface area contributed by atoms with Gasteiger partial charge in [-0.1, -0.05) is 19.8 Å². The molecular weight excluding hydrogens is 310 g/mol. The van der Waals surface area contributed by atoms with E-state index >= 15 is 0 Å². The standard InChI is InChI=1S/C14H21NO4S2/c1-9-3-5-11(6-4-9)8-15-21(18,19)12-7-10(2)13(20-12)14(16)17/h7,9,11,15H,3-6,8H2,1-2H3,(H,16,17). The molecule has 0 atom stereocenters. The van der Waals surface area contributed by atoms with Gasteiger partial charge in [0.1, 0.15) is 9.09 Å². The van der Waals surface area contributed by atoms with Crippen LogP contribution < -0.4 is 4.72 Å². The van der Waals surface area contributed by atoms with E-state index in [-0.39, 0.29) is 9.09 Å². The summed E-state index contributed by atoms with van der Waals surface area (Å²) in [5, 5.41) is 9.00. The summed E-state index contributed by atoms with van der Waals surface area (Å²) in [5.41, 5.74) is 0.486. The number of nitrogens with one attached hydrogen (secondary N) is 1. The zero-order valence-electron chi connectivity index (χ0n) is 12.3. The van der Waals surface area contributed by atoms with Crippen LogP contribution in [0.5, 0.6) is 0 Å². The number of aromatic carboxylic acids is 1. The summed E-state index contributed by atoms with van der Waals surface area (Å²) in [4.78, 5) is 11.1. The molecule has 1 aliphatic rings. The summed E-state index contributed by atoms with van der Waals surface area (Å²) in [5.74, 6) is 0.0344. The van der Waals surface area contributed by atoms with Crippen molar-refractivity contribution in [2.75, 3.05) is 6.54 Å². The maximum atomic E-state index is 12.2. The first-order chi connectivity index (χ1) is 9.79. The summed E-state index contributed by atoms with van der Waals surface area (Å²) in [6, 6.07) is 1.43. The van der Waals surface area contributed by atoms with E-state index in [0.717, 1.165) is 42.9 Å². The topological polar surface area (TPSA) is 83.5 Å². The lowest BCUT2D eigenvalue weighted by molar-refractivity contribution is 0.0701. The second kappa shape index (κ2) is 6.46. The van der Waals surface area contributed by atoms with Gasteiger partial charge in [0.25, 0.3) is 0 Å². The molecule has 0 amide bonds. The molecule has 2 N–H and O–H groups in total. The Morgan fingerprint density at radius 2 is 2.00 bits per heavy atom. The molecule has 1 aromatic rings. The van der Waals surface area contributed by atoms with Crippen molar-refractivity contribution in [1.29, 1.82) is 0 Å². The van der Waals surface area contributed by atoms with E-state index in [2.05, 4.69) is 11.6 Å². The minimum atomic E-state index is -3.60. The molecule has 0 aromatic carbocycles. The van der Waals surface area contributed by atoms with Crippen molar-refractivity contribution in [1.82, 2.24) is 4.72 Å². The zero-order valence-corrected chi connectivity index (χ0v) is 13.9. The number of carboxylic acid groups (broad SMARTS) is 1. The molecule has 0 bridgehead atoms. The Morgan fingerprint density at radius 3 is 2.52 bits per heavy atom. The highest BCUT2D eigenvalue weighted by atomic mass is 32.2. The van der Waals surface area contributed by atoms with Crippen LogP contribution in [0.1, 0.15) is 47.8 Å². The molecule has 2 rings (SSSR count). The van der Waals surface area contributed by atoms with Crippen molar-refractivity contribution in [3.63, 3.8) is 0 Å². The highest BCUT2D eigenvalue weighted by Gasteiger charge is 2.24. The zero-order chi connectivity index (χ0) is 15.6. The van der Waals surface area contributed by atoms with Gasteiger partial charge in [0.2, 0.25) is 10.0 Å². The van der Waals surface area contributed by atoms with Crippen LogP contribution in [0.3, 0.4) is 0 Å². The quantitative estimate of drug-likeness (QED) is 0.869. The molecule has 0 radical (unpaired) electrons. The van der Waals surface area contributed by atoms with Crippen LogP contribution in [-0.4, -0.2) is 26.0 Å². The molecule has 1 heterocycles. The van der Waals surface area contributed by atoms with Gasteiger partial charge in [0.15, 0.2) is 0 Å². The molecule has 1 aliphatic carbocycles. The lowest BCUT2D eigenvalue weighted by atomic mass is 9.83. The fourth-order valence-electron chi connectivity index (χ4n) is 2.63. The SMILES string of the molecule is Cc1cc(S(=O)(=O)NCC2CCC(C)CC2)sc1C(=O)O. The Morgan fingerprint density at radius 1 is 1.38 bits per heavy atom. The third kappa shape index (κ3) is 4.05. The van der Waals surface area contributed by atoms with Crippen molar-refractivity contribution >= 4 is 27.3 Å². The molecule has 1 saturated carbocycles. The van der Waals surface area contributed by atoms with E-state index in [9.17, 15) is 13.2 Å². The van der Waals surface area contributed by atoms with Gasteiger partial charge in [-0.15, -0.1) is 11.3 Å². The minimum absolute atomic E-state index is 0.0848. The fourth-order valence-corrected chi connectivity index (χ4v) is 5.17. The van der Waals surface area contributed by atoms with Gasteiger partial charge < -0.3 is 5.11 Å². The monoisotopic (exact) mass is 331 g/mol. The predicted octanol–water partition coefficient (Wildman–Crippen LogP) is 2.86. The Labute approximate surface area is 129 Å². The highest BCUT2D eigenvalue weighted by Crippen LogP contribution is 2.29. The lowest BCUT2D eigenvalue weighted by Crippen LogP contribution is -2.30. The Kier molecular flexibility index (Phi) is 5.06. The largest absolute Gasteiger partial charge is 0.477 e. The summed E-state index contributed by atoms with van der Waals surface area (Å²) in [6.07, 6.45) is 4.39. The minimum Gasteiger partial charge on any atom is -0.477 e. The smallest absolute Gasteiger partial charge is 0.346 e. The molecule has 0 spiro atoms. The van der Waals surface area contributed by atoms with Gasteiger partial charge in [-0.3, -0.25) is 0 Å². The number of aryl methyl sites for hydroxylation is 1. The molecule has 1 fully saturated rings. The average molecular weight is 331 g/mol. The van der Waals surface area contributed by atoms with Crippen molar-refractivity contribution < 1.29 is 18.3 Å². The molecule has 21 heavy (non-hydrogen) atoms. The van der Waals surface area contributed by atoms with Crippen LogP contribution in [0.4, 0.5) is 0 Å². The van der Waals surface area contributed by atoms with Crippen molar-refractivity contribution in [2.24, 2.45) is 11.8 Å². The molecule has 0 unspecified atom stereocenters. The third-order valence-corrected chi connectivity index (χ3v) is 7.17. The van der Waals surface area contributed by atoms with E-state index in [1.165, 1.54) is 6.07 Å². The maximum absolute atomic E-state index is 12.2. The first kappa shape index (κ1) is 16.5. The van der Waals surface area contributed by atoms with Crippen molar-refractivity contribution in [3.8, 4) is 0 Å². The molecule has 118 valence electrons. The van der Waals surface area contributed by atoms with Gasteiger partial charge in [0.05, 0.1) is 0 Å². The first-order valence-corrected chi connectivity index (χ1v) is 9.43. The van der Waals surface area contributed by atoms with Gasteiger partial charge in [0, 0.05) is 6.54 Å². The van der Waals surface area contributed by atoms with Gasteiger partial charge in [-0.05, 0) is 43.2 Å². The highest BCUT2D eigenvalue weighted by molar-refractivity contribution is 7.91. The van der Waals surface area contributed by atoms with Crippen molar-refractivity contribution in [3.05, 3.63) is 16.5 Å². The molecule has 0 aliphatic heterocycles. The average Bonchev–Trinajstić information content (AvgIpc) is 2.81. The summed E-state index contributed by atoms with van der Waals surface area (Å²) >= 11 is 0.812. The van der Waals surface area contributed by atoms with Crippen LogP contribution in [0.15, 0.2) is 10.3 Å². The van der Waals surface area contributed by atoms with E-state index in [4.69, 9.17) is 5.11 Å². The summed E-state index contributed by atoms with van der Waals surface area (Å²) in [6.45, 7) is 4.28. The number of carbonyl (C=O) groups is 1. The summed E-state index contributed by atoms with van der Waals surface area (Å²) < 4.78 is 27.2. The van der Waals surface area contributed by atoms with Crippen LogP contribution in [0.2, 0.25) is 0 Å².